The van der Waals surface area contributed by atoms with Crippen LogP contribution in [0.2, 0.25) is 0 Å². The predicted octanol–water partition coefficient (Wildman–Crippen LogP) is 3.10. The molecule has 1 aromatic rings. The maximum atomic E-state index is 13.6. The van der Waals surface area contributed by atoms with Crippen molar-refractivity contribution < 1.29 is 4.39 Å². The largest absolute Gasteiger partial charge is 0.315 e. The lowest BCUT2D eigenvalue weighted by atomic mass is 10.0. The highest BCUT2D eigenvalue weighted by atomic mass is 19.1. The van der Waals surface area contributed by atoms with Crippen LogP contribution in [0.1, 0.15) is 37.3 Å². The molecular formula is C16H25FN2. The molecule has 2 nitrogen and oxygen atoms in total. The Morgan fingerprint density at radius 3 is 2.89 bits per heavy atom. The maximum absolute atomic E-state index is 13.6. The summed E-state index contributed by atoms with van der Waals surface area (Å²) in [6, 6.07) is 6.22. The fourth-order valence-electron chi connectivity index (χ4n) is 2.79. The first-order chi connectivity index (χ1) is 9.20. The Morgan fingerprint density at radius 1 is 1.42 bits per heavy atom. The van der Waals surface area contributed by atoms with Crippen LogP contribution in [0, 0.1) is 12.7 Å². The van der Waals surface area contributed by atoms with E-state index >= 15 is 0 Å². The molecule has 1 aliphatic rings. The minimum absolute atomic E-state index is 0.0873. The lowest BCUT2D eigenvalue weighted by Crippen LogP contribution is -2.45. The summed E-state index contributed by atoms with van der Waals surface area (Å²) < 4.78 is 13.6. The van der Waals surface area contributed by atoms with Gasteiger partial charge in [0.1, 0.15) is 5.82 Å². The summed E-state index contributed by atoms with van der Waals surface area (Å²) in [6.45, 7) is 8.16. The molecule has 0 radical (unpaired) electrons. The topological polar surface area (TPSA) is 15.3 Å². The average molecular weight is 264 g/mol. The van der Waals surface area contributed by atoms with Gasteiger partial charge in [0.2, 0.25) is 0 Å². The molecule has 0 aliphatic carbocycles. The lowest BCUT2D eigenvalue weighted by molar-refractivity contribution is 0.158. The summed E-state index contributed by atoms with van der Waals surface area (Å²) in [5, 5.41) is 3.46. The van der Waals surface area contributed by atoms with E-state index in [1.54, 1.807) is 6.07 Å². The molecule has 19 heavy (non-hydrogen) atoms. The van der Waals surface area contributed by atoms with Gasteiger partial charge < -0.3 is 5.32 Å². The van der Waals surface area contributed by atoms with Gasteiger partial charge in [-0.3, -0.25) is 4.90 Å². The van der Waals surface area contributed by atoms with E-state index in [-0.39, 0.29) is 5.82 Å². The number of benzene rings is 1. The van der Waals surface area contributed by atoms with Gasteiger partial charge in [0.25, 0.3) is 0 Å². The standard InChI is InChI=1S/C16H25FN2/c1-3-9-19(15-5-4-8-18-11-15)12-14-7-6-13(2)16(17)10-14/h6-7,10,15,18H,3-5,8-9,11-12H2,1-2H3. The number of hydrogen-bond acceptors (Lipinski definition) is 2. The molecule has 1 unspecified atom stereocenters. The Kier molecular flexibility index (Phi) is 5.34. The number of rotatable bonds is 5. The maximum Gasteiger partial charge on any atom is 0.126 e. The first-order valence-corrected chi connectivity index (χ1v) is 7.40. The van der Waals surface area contributed by atoms with Crippen molar-refractivity contribution in [2.75, 3.05) is 19.6 Å². The van der Waals surface area contributed by atoms with Crippen molar-refractivity contribution in [2.45, 2.75) is 45.7 Å². The number of nitrogens with zero attached hydrogens (tertiary/aromatic N) is 1. The van der Waals surface area contributed by atoms with Crippen LogP contribution in [0.3, 0.4) is 0 Å². The Bertz CT molecular complexity index is 400. The molecule has 0 spiro atoms. The molecule has 106 valence electrons. The first kappa shape index (κ1) is 14.5. The molecule has 0 bridgehead atoms. The Morgan fingerprint density at radius 2 is 2.26 bits per heavy atom. The first-order valence-electron chi connectivity index (χ1n) is 7.40. The van der Waals surface area contributed by atoms with Gasteiger partial charge in [-0.25, -0.2) is 4.39 Å². The number of piperidine rings is 1. The van der Waals surface area contributed by atoms with Crippen LogP contribution in [-0.4, -0.2) is 30.6 Å². The third kappa shape index (κ3) is 4.02. The van der Waals surface area contributed by atoms with Crippen LogP contribution < -0.4 is 5.32 Å². The van der Waals surface area contributed by atoms with E-state index in [9.17, 15) is 4.39 Å². The van der Waals surface area contributed by atoms with Crippen LogP contribution >= 0.6 is 0 Å². The molecule has 1 aromatic carbocycles. The molecule has 0 saturated carbocycles. The van der Waals surface area contributed by atoms with Crippen LogP contribution in [0.15, 0.2) is 18.2 Å². The summed E-state index contributed by atoms with van der Waals surface area (Å²) in [5.41, 5.74) is 1.81. The highest BCUT2D eigenvalue weighted by molar-refractivity contribution is 5.23. The molecule has 1 heterocycles. The quantitative estimate of drug-likeness (QED) is 0.879. The summed E-state index contributed by atoms with van der Waals surface area (Å²) in [5.74, 6) is -0.0873. The van der Waals surface area contributed by atoms with Gasteiger partial charge in [0.05, 0.1) is 0 Å². The second kappa shape index (κ2) is 7.01. The van der Waals surface area contributed by atoms with Crippen molar-refractivity contribution in [3.63, 3.8) is 0 Å². The average Bonchev–Trinajstić information content (AvgIpc) is 2.43. The number of aryl methyl sites for hydroxylation is 1. The molecule has 2 rings (SSSR count). The van der Waals surface area contributed by atoms with Crippen molar-refractivity contribution in [3.05, 3.63) is 35.1 Å². The number of nitrogens with one attached hydrogen (secondary N) is 1. The van der Waals surface area contributed by atoms with Gasteiger partial charge in [-0.15, -0.1) is 0 Å². The van der Waals surface area contributed by atoms with Crippen LogP contribution in [-0.2, 0) is 6.54 Å². The van der Waals surface area contributed by atoms with Gasteiger partial charge in [-0.1, -0.05) is 19.1 Å². The minimum atomic E-state index is -0.0873. The highest BCUT2D eigenvalue weighted by Gasteiger charge is 2.20. The van der Waals surface area contributed by atoms with Crippen molar-refractivity contribution >= 4 is 0 Å². The Balaban J connectivity index is 2.04. The lowest BCUT2D eigenvalue weighted by Gasteiger charge is -2.34. The Labute approximate surface area is 116 Å². The molecule has 1 fully saturated rings. The zero-order chi connectivity index (χ0) is 13.7. The van der Waals surface area contributed by atoms with Crippen molar-refractivity contribution in [2.24, 2.45) is 0 Å². The molecule has 1 N–H and O–H groups in total. The smallest absolute Gasteiger partial charge is 0.126 e. The molecule has 1 saturated heterocycles. The van der Waals surface area contributed by atoms with E-state index in [0.717, 1.165) is 43.7 Å². The van der Waals surface area contributed by atoms with Crippen LogP contribution in [0.25, 0.3) is 0 Å². The highest BCUT2D eigenvalue weighted by Crippen LogP contribution is 2.17. The zero-order valence-electron chi connectivity index (χ0n) is 12.1. The summed E-state index contributed by atoms with van der Waals surface area (Å²) in [4.78, 5) is 2.50. The van der Waals surface area contributed by atoms with Gasteiger partial charge in [-0.05, 0) is 56.5 Å². The van der Waals surface area contributed by atoms with E-state index in [2.05, 4.69) is 23.2 Å². The minimum Gasteiger partial charge on any atom is -0.315 e. The number of halogens is 1. The molecule has 1 atom stereocenters. The molecule has 0 amide bonds. The summed E-state index contributed by atoms with van der Waals surface area (Å²) in [6.07, 6.45) is 3.64. The van der Waals surface area contributed by atoms with Gasteiger partial charge in [0, 0.05) is 19.1 Å². The van der Waals surface area contributed by atoms with Crippen LogP contribution in [0.4, 0.5) is 4.39 Å². The normalized spacial score (nSPS) is 19.9. The second-order valence-electron chi connectivity index (χ2n) is 5.55. The number of hydrogen-bond donors (Lipinski definition) is 1. The third-order valence-electron chi connectivity index (χ3n) is 3.92. The molecule has 3 heteroatoms. The Hall–Kier alpha value is -0.930. The van der Waals surface area contributed by atoms with E-state index < -0.39 is 0 Å². The molecular weight excluding hydrogens is 239 g/mol. The summed E-state index contributed by atoms with van der Waals surface area (Å²) in [7, 11) is 0. The van der Waals surface area contributed by atoms with Crippen molar-refractivity contribution in [1.29, 1.82) is 0 Å². The van der Waals surface area contributed by atoms with Crippen LogP contribution in [0.5, 0.6) is 0 Å². The third-order valence-corrected chi connectivity index (χ3v) is 3.92. The van der Waals surface area contributed by atoms with E-state index in [4.69, 9.17) is 0 Å². The zero-order valence-corrected chi connectivity index (χ0v) is 12.1. The molecule has 0 aromatic heterocycles. The van der Waals surface area contributed by atoms with E-state index in [1.807, 2.05) is 13.0 Å². The molecule has 1 aliphatic heterocycles. The van der Waals surface area contributed by atoms with Gasteiger partial charge >= 0.3 is 0 Å². The van der Waals surface area contributed by atoms with Crippen molar-refractivity contribution in [1.82, 2.24) is 10.2 Å². The van der Waals surface area contributed by atoms with Gasteiger partial charge in [0.15, 0.2) is 0 Å². The van der Waals surface area contributed by atoms with Crippen molar-refractivity contribution in [3.8, 4) is 0 Å². The fourth-order valence-corrected chi connectivity index (χ4v) is 2.79. The summed E-state index contributed by atoms with van der Waals surface area (Å²) >= 11 is 0. The monoisotopic (exact) mass is 264 g/mol. The second-order valence-corrected chi connectivity index (χ2v) is 5.55. The predicted molar refractivity (Wildman–Crippen MR) is 77.7 cm³/mol. The SMILES string of the molecule is CCCN(Cc1ccc(C)c(F)c1)C1CCCNC1. The fraction of sp³-hybridized carbons (Fsp3) is 0.625. The van der Waals surface area contributed by atoms with Gasteiger partial charge in [-0.2, -0.15) is 0 Å². The van der Waals surface area contributed by atoms with E-state index in [1.165, 1.54) is 12.8 Å². The van der Waals surface area contributed by atoms with E-state index in [0.29, 0.717) is 6.04 Å².